The first-order valence-electron chi connectivity index (χ1n) is 4.76. The Morgan fingerprint density at radius 3 is 2.71 bits per heavy atom. The molecule has 0 aliphatic rings. The summed E-state index contributed by atoms with van der Waals surface area (Å²) < 4.78 is 0. The lowest BCUT2D eigenvalue weighted by molar-refractivity contribution is 0.315. The molecule has 0 aliphatic heterocycles. The van der Waals surface area contributed by atoms with Crippen LogP contribution in [-0.4, -0.2) is 11.7 Å². The van der Waals surface area contributed by atoms with Crippen molar-refractivity contribution in [2.45, 2.75) is 20.3 Å². The molecule has 0 heterocycles. The molecule has 1 radical (unpaired) electrons. The van der Waals surface area contributed by atoms with Gasteiger partial charge in [-0.15, -0.1) is 6.42 Å². The lowest BCUT2D eigenvalue weighted by Gasteiger charge is -2.13. The van der Waals surface area contributed by atoms with Crippen molar-refractivity contribution in [3.63, 3.8) is 0 Å². The molecule has 0 fully saturated rings. The number of terminal acetylenes is 1. The Bertz CT molecular complexity index is 347. The largest absolute Gasteiger partial charge is 0.395 e. The molecule has 1 rings (SSSR count). The summed E-state index contributed by atoms with van der Waals surface area (Å²) >= 11 is 0. The fraction of sp³-hybridized carbons (Fsp3) is 0.308. The van der Waals surface area contributed by atoms with Crippen molar-refractivity contribution < 1.29 is 5.11 Å². The zero-order valence-corrected chi connectivity index (χ0v) is 8.67. The maximum Gasteiger partial charge on any atom is 0.0535 e. The van der Waals surface area contributed by atoms with Crippen LogP contribution >= 0.6 is 0 Å². The predicted octanol–water partition coefficient (Wildman–Crippen LogP) is 2.17. The molecule has 14 heavy (non-hydrogen) atoms. The van der Waals surface area contributed by atoms with Gasteiger partial charge in [-0.25, -0.2) is 0 Å². The highest BCUT2D eigenvalue weighted by Crippen LogP contribution is 2.21. The first-order valence-corrected chi connectivity index (χ1v) is 4.76. The maximum absolute atomic E-state index is 9.07. The van der Waals surface area contributed by atoms with Crippen LogP contribution in [0.4, 0.5) is 0 Å². The third kappa shape index (κ3) is 1.97. The first-order chi connectivity index (χ1) is 6.74. The normalized spacial score (nSPS) is 10.2. The monoisotopic (exact) mass is 187 g/mol. The van der Waals surface area contributed by atoms with E-state index in [0.717, 1.165) is 29.0 Å². The summed E-state index contributed by atoms with van der Waals surface area (Å²) in [5.74, 6) is 3.62. The molecule has 0 bridgehead atoms. The molecular formula is C13H15O. The van der Waals surface area contributed by atoms with E-state index in [1.54, 1.807) is 0 Å². The van der Waals surface area contributed by atoms with Crippen molar-refractivity contribution >= 4 is 0 Å². The van der Waals surface area contributed by atoms with E-state index in [9.17, 15) is 0 Å². The van der Waals surface area contributed by atoms with Crippen molar-refractivity contribution in [2.75, 3.05) is 6.61 Å². The fourth-order valence-electron chi connectivity index (χ4n) is 1.51. The molecular weight excluding hydrogens is 172 g/mol. The molecule has 0 atom stereocenters. The third-order valence-corrected chi connectivity index (χ3v) is 2.37. The summed E-state index contributed by atoms with van der Waals surface area (Å²) in [5, 5.41) is 9.07. The van der Waals surface area contributed by atoms with Crippen molar-refractivity contribution in [1.82, 2.24) is 0 Å². The van der Waals surface area contributed by atoms with Crippen molar-refractivity contribution in [1.29, 1.82) is 0 Å². The third-order valence-electron chi connectivity index (χ3n) is 2.37. The Hall–Kier alpha value is -1.26. The molecule has 1 aromatic carbocycles. The Balaban J connectivity index is 3.23. The van der Waals surface area contributed by atoms with Crippen LogP contribution in [0, 0.1) is 18.3 Å². The van der Waals surface area contributed by atoms with Crippen molar-refractivity contribution in [3.05, 3.63) is 40.8 Å². The van der Waals surface area contributed by atoms with E-state index >= 15 is 0 Å². The van der Waals surface area contributed by atoms with Crippen LogP contribution in [0.3, 0.4) is 0 Å². The highest BCUT2D eigenvalue weighted by atomic mass is 16.3. The second-order valence-electron chi connectivity index (χ2n) is 3.28. The van der Waals surface area contributed by atoms with Gasteiger partial charge in [-0.05, 0) is 17.5 Å². The lowest BCUT2D eigenvalue weighted by atomic mass is 9.92. The summed E-state index contributed by atoms with van der Waals surface area (Å²) in [5.41, 5.74) is 3.08. The summed E-state index contributed by atoms with van der Waals surface area (Å²) in [6.45, 7) is 4.03. The molecule has 0 saturated carbocycles. The molecule has 0 spiro atoms. The molecule has 1 aromatic rings. The summed E-state index contributed by atoms with van der Waals surface area (Å²) in [7, 11) is 0. The van der Waals surface area contributed by atoms with E-state index in [4.69, 9.17) is 11.5 Å². The van der Waals surface area contributed by atoms with Crippen LogP contribution in [0.25, 0.3) is 0 Å². The van der Waals surface area contributed by atoms with Gasteiger partial charge in [0.15, 0.2) is 0 Å². The molecule has 73 valence electrons. The van der Waals surface area contributed by atoms with E-state index in [1.165, 1.54) is 0 Å². The smallest absolute Gasteiger partial charge is 0.0535 e. The Morgan fingerprint density at radius 2 is 2.21 bits per heavy atom. The molecule has 0 unspecified atom stereocenters. The number of hydrogen-bond acceptors (Lipinski definition) is 1. The predicted molar refractivity (Wildman–Crippen MR) is 58.9 cm³/mol. The van der Waals surface area contributed by atoms with Gasteiger partial charge in [0.05, 0.1) is 6.61 Å². The van der Waals surface area contributed by atoms with E-state index in [0.29, 0.717) is 0 Å². The molecule has 0 aliphatic carbocycles. The van der Waals surface area contributed by atoms with Gasteiger partial charge < -0.3 is 5.11 Å². The minimum Gasteiger partial charge on any atom is -0.395 e. The molecule has 0 aromatic heterocycles. The van der Waals surface area contributed by atoms with Gasteiger partial charge in [-0.3, -0.25) is 0 Å². The fourth-order valence-corrected chi connectivity index (χ4v) is 1.51. The van der Waals surface area contributed by atoms with Gasteiger partial charge in [0.1, 0.15) is 0 Å². The van der Waals surface area contributed by atoms with Crippen molar-refractivity contribution in [2.24, 2.45) is 0 Å². The van der Waals surface area contributed by atoms with Gasteiger partial charge in [0.2, 0.25) is 0 Å². The van der Waals surface area contributed by atoms with Crippen LogP contribution in [-0.2, 0) is 6.42 Å². The molecule has 0 saturated heterocycles. The van der Waals surface area contributed by atoms with E-state index in [1.807, 2.05) is 25.1 Å². The van der Waals surface area contributed by atoms with E-state index in [2.05, 4.69) is 12.8 Å². The Labute approximate surface area is 85.8 Å². The summed E-state index contributed by atoms with van der Waals surface area (Å²) in [6, 6.07) is 5.97. The average Bonchev–Trinajstić information content (AvgIpc) is 2.26. The minimum atomic E-state index is 0.0574. The van der Waals surface area contributed by atoms with Gasteiger partial charge in [0.25, 0.3) is 0 Å². The van der Waals surface area contributed by atoms with Gasteiger partial charge in [-0.2, -0.15) is 0 Å². The number of benzene rings is 1. The highest BCUT2D eigenvalue weighted by Gasteiger charge is 2.11. The van der Waals surface area contributed by atoms with Gasteiger partial charge in [0, 0.05) is 11.5 Å². The van der Waals surface area contributed by atoms with Crippen LogP contribution in [0.15, 0.2) is 18.2 Å². The number of aliphatic hydroxyl groups is 1. The molecule has 1 N–H and O–H groups in total. The number of rotatable bonds is 3. The van der Waals surface area contributed by atoms with Crippen LogP contribution in [0.2, 0.25) is 0 Å². The second-order valence-corrected chi connectivity index (χ2v) is 3.28. The lowest BCUT2D eigenvalue weighted by Crippen LogP contribution is -2.04. The zero-order chi connectivity index (χ0) is 10.6. The second kappa shape index (κ2) is 4.83. The summed E-state index contributed by atoms with van der Waals surface area (Å²) in [6.07, 6.45) is 6.40. The quantitative estimate of drug-likeness (QED) is 0.719. The average molecular weight is 187 g/mol. The number of aliphatic hydroxyl groups excluding tert-OH is 1. The molecule has 1 heteroatoms. The standard InChI is InChI=1S/C13H15O/c1-4-11-7-6-8-13(10(3)9-14)12(11)5-2/h2,6-8,14H,4,9H2,1,3H3. The minimum absolute atomic E-state index is 0.0574. The van der Waals surface area contributed by atoms with Crippen LogP contribution in [0.1, 0.15) is 30.5 Å². The van der Waals surface area contributed by atoms with Gasteiger partial charge in [-0.1, -0.05) is 38.0 Å². The van der Waals surface area contributed by atoms with Gasteiger partial charge >= 0.3 is 0 Å². The SMILES string of the molecule is C#Cc1c(CC)cccc1[C](C)CO. The van der Waals surface area contributed by atoms with Crippen LogP contribution in [0.5, 0.6) is 0 Å². The molecule has 0 amide bonds. The summed E-state index contributed by atoms with van der Waals surface area (Å²) in [4.78, 5) is 0. The Kier molecular flexibility index (Phi) is 3.73. The topological polar surface area (TPSA) is 20.2 Å². The number of hydrogen-bond donors (Lipinski definition) is 1. The zero-order valence-electron chi connectivity index (χ0n) is 8.67. The van der Waals surface area contributed by atoms with E-state index < -0.39 is 0 Å². The number of aryl methyl sites for hydroxylation is 1. The maximum atomic E-state index is 9.07. The Morgan fingerprint density at radius 1 is 1.50 bits per heavy atom. The van der Waals surface area contributed by atoms with Crippen LogP contribution < -0.4 is 0 Å². The molecule has 1 nitrogen and oxygen atoms in total. The highest BCUT2D eigenvalue weighted by molar-refractivity contribution is 5.51. The van der Waals surface area contributed by atoms with Crippen molar-refractivity contribution in [3.8, 4) is 12.3 Å². The first kappa shape index (κ1) is 10.8. The van der Waals surface area contributed by atoms with E-state index in [-0.39, 0.29) is 6.61 Å².